The zero-order chi connectivity index (χ0) is 21.2. The number of oxime groups is 1. The molecular formula is C15H28NO9S3-. The maximum atomic E-state index is 10.7. The lowest BCUT2D eigenvalue weighted by molar-refractivity contribution is -0.205. The molecule has 0 aromatic rings. The van der Waals surface area contributed by atoms with Gasteiger partial charge in [-0.25, -0.2) is 0 Å². The van der Waals surface area contributed by atoms with Gasteiger partial charge < -0.3 is 29.7 Å². The lowest BCUT2D eigenvalue weighted by Crippen LogP contribution is -2.57. The Morgan fingerprint density at radius 2 is 1.75 bits per heavy atom. The molecule has 0 bridgehead atoms. The molecule has 5 atom stereocenters. The number of unbranched alkanes of at least 4 members (excludes halogenated alkanes) is 4. The number of ether oxygens (including phenoxy) is 1. The molecule has 1 rings (SSSR count). The summed E-state index contributed by atoms with van der Waals surface area (Å²) in [5.74, 6) is 1.09. The summed E-state index contributed by atoms with van der Waals surface area (Å²) in [6.45, 7) is -0.587. The molecule has 0 unspecified atom stereocenters. The summed E-state index contributed by atoms with van der Waals surface area (Å²) in [7, 11) is -5.04. The minimum atomic E-state index is -5.04. The van der Waals surface area contributed by atoms with E-state index in [0.29, 0.717) is 6.42 Å². The molecule has 13 heteroatoms. The van der Waals surface area contributed by atoms with Crippen LogP contribution in [-0.2, 0) is 19.4 Å². The average molecular weight is 463 g/mol. The number of hydrogen-bond acceptors (Lipinski definition) is 12. The fourth-order valence-electron chi connectivity index (χ4n) is 2.57. The summed E-state index contributed by atoms with van der Waals surface area (Å²) in [6.07, 6.45) is 1.30. The molecule has 166 valence electrons. The van der Waals surface area contributed by atoms with E-state index in [0.717, 1.165) is 43.2 Å². The van der Waals surface area contributed by atoms with Gasteiger partial charge in [-0.05, 0) is 31.3 Å². The first-order chi connectivity index (χ1) is 13.2. The zero-order valence-corrected chi connectivity index (χ0v) is 18.0. The Hall–Kier alpha value is -0.120. The Bertz CT molecular complexity index is 573. The van der Waals surface area contributed by atoms with Crippen molar-refractivity contribution in [3.05, 3.63) is 0 Å². The van der Waals surface area contributed by atoms with Crippen LogP contribution < -0.4 is 0 Å². The maximum Gasteiger partial charge on any atom is 0.284 e. The molecule has 0 radical (unpaired) electrons. The monoisotopic (exact) mass is 462 g/mol. The van der Waals surface area contributed by atoms with Gasteiger partial charge in [0.1, 0.15) is 34.9 Å². The van der Waals surface area contributed by atoms with Crippen molar-refractivity contribution >= 4 is 39.0 Å². The minimum absolute atomic E-state index is 0.0906. The van der Waals surface area contributed by atoms with Gasteiger partial charge in [0.25, 0.3) is 10.4 Å². The second kappa shape index (κ2) is 13.2. The van der Waals surface area contributed by atoms with Crippen molar-refractivity contribution in [3.63, 3.8) is 0 Å². The molecule has 0 amide bonds. The Balaban J connectivity index is 2.66. The molecule has 1 aliphatic rings. The van der Waals surface area contributed by atoms with Crippen LogP contribution in [0.3, 0.4) is 0 Å². The smallest absolute Gasteiger partial charge is 0.284 e. The highest BCUT2D eigenvalue weighted by Gasteiger charge is 2.44. The fraction of sp³-hybridized carbons (Fsp3) is 0.933. The van der Waals surface area contributed by atoms with Crippen molar-refractivity contribution < 1.29 is 42.4 Å². The van der Waals surface area contributed by atoms with Gasteiger partial charge in [-0.1, -0.05) is 36.2 Å². The molecule has 10 nitrogen and oxygen atoms in total. The van der Waals surface area contributed by atoms with Crippen molar-refractivity contribution in [1.82, 2.24) is 0 Å². The lowest BCUT2D eigenvalue weighted by Gasteiger charge is -2.39. The van der Waals surface area contributed by atoms with Crippen LogP contribution in [0.4, 0.5) is 0 Å². The molecule has 0 aromatic carbocycles. The normalized spacial score (nSPS) is 29.1. The minimum Gasteiger partial charge on any atom is -0.714 e. The van der Waals surface area contributed by atoms with E-state index in [-0.39, 0.29) is 11.5 Å². The van der Waals surface area contributed by atoms with Gasteiger partial charge in [-0.2, -0.15) is 20.2 Å². The van der Waals surface area contributed by atoms with Crippen LogP contribution in [0.1, 0.15) is 38.5 Å². The van der Waals surface area contributed by atoms with Crippen molar-refractivity contribution in [1.29, 1.82) is 0 Å². The van der Waals surface area contributed by atoms with Crippen LogP contribution in [0.2, 0.25) is 0 Å². The Morgan fingerprint density at radius 1 is 1.11 bits per heavy atom. The van der Waals surface area contributed by atoms with E-state index in [4.69, 9.17) is 4.74 Å². The molecule has 1 aliphatic heterocycles. The van der Waals surface area contributed by atoms with Crippen molar-refractivity contribution in [2.24, 2.45) is 5.16 Å². The first-order valence-corrected chi connectivity index (χ1v) is 12.5. The van der Waals surface area contributed by atoms with Gasteiger partial charge in [0.05, 0.1) is 6.61 Å². The van der Waals surface area contributed by atoms with Crippen LogP contribution in [0.5, 0.6) is 0 Å². The van der Waals surface area contributed by atoms with Gasteiger partial charge in [0.15, 0.2) is 0 Å². The molecule has 4 N–H and O–H groups in total. The van der Waals surface area contributed by atoms with E-state index in [1.807, 2.05) is 6.26 Å². The highest BCUT2D eigenvalue weighted by Crippen LogP contribution is 2.30. The summed E-state index contributed by atoms with van der Waals surface area (Å²) >= 11 is 2.56. The van der Waals surface area contributed by atoms with Gasteiger partial charge in [-0.15, -0.1) is 0 Å². The van der Waals surface area contributed by atoms with Crippen LogP contribution in [0, 0.1) is 0 Å². The van der Waals surface area contributed by atoms with E-state index >= 15 is 0 Å². The highest BCUT2D eigenvalue weighted by molar-refractivity contribution is 8.14. The van der Waals surface area contributed by atoms with Gasteiger partial charge in [-0.3, -0.25) is 4.28 Å². The van der Waals surface area contributed by atoms with E-state index in [9.17, 15) is 33.4 Å². The van der Waals surface area contributed by atoms with Crippen LogP contribution in [0.25, 0.3) is 0 Å². The van der Waals surface area contributed by atoms with Crippen molar-refractivity contribution in [2.75, 3.05) is 18.6 Å². The van der Waals surface area contributed by atoms with Crippen LogP contribution >= 0.6 is 23.5 Å². The Morgan fingerprint density at radius 3 is 2.36 bits per heavy atom. The fourth-order valence-corrected chi connectivity index (χ4v) is 4.40. The predicted octanol–water partition coefficient (Wildman–Crippen LogP) is 0.0134. The third-order valence-corrected chi connectivity index (χ3v) is 6.20. The summed E-state index contributed by atoms with van der Waals surface area (Å²) in [5, 5.41) is 42.4. The number of hydrogen-bond donors (Lipinski definition) is 4. The molecule has 0 aliphatic carbocycles. The summed E-state index contributed by atoms with van der Waals surface area (Å²) < 4.78 is 41.4. The molecule has 1 saturated heterocycles. The van der Waals surface area contributed by atoms with E-state index in [1.165, 1.54) is 0 Å². The molecule has 0 spiro atoms. The topological polar surface area (TPSA) is 169 Å². The largest absolute Gasteiger partial charge is 0.714 e. The molecule has 0 saturated carbocycles. The molecular weight excluding hydrogens is 434 g/mol. The van der Waals surface area contributed by atoms with Gasteiger partial charge in [0.2, 0.25) is 0 Å². The Kier molecular flexibility index (Phi) is 12.3. The quantitative estimate of drug-likeness (QED) is 0.0769. The number of aliphatic hydroxyl groups is 4. The predicted molar refractivity (Wildman–Crippen MR) is 106 cm³/mol. The first kappa shape index (κ1) is 25.9. The summed E-state index contributed by atoms with van der Waals surface area (Å²) in [5.41, 5.74) is -1.13. The average Bonchev–Trinajstić information content (AvgIpc) is 2.64. The zero-order valence-electron chi connectivity index (χ0n) is 15.5. The number of thioether (sulfide) groups is 2. The molecule has 1 heterocycles. The van der Waals surface area contributed by atoms with Crippen molar-refractivity contribution in [3.8, 4) is 0 Å². The van der Waals surface area contributed by atoms with Crippen molar-refractivity contribution in [2.45, 2.75) is 68.4 Å². The molecule has 28 heavy (non-hydrogen) atoms. The van der Waals surface area contributed by atoms with Crippen LogP contribution in [0.15, 0.2) is 5.16 Å². The highest BCUT2D eigenvalue weighted by atomic mass is 32.3. The molecule has 0 aromatic heterocycles. The lowest BCUT2D eigenvalue weighted by atomic mass is 10.0. The standard InChI is InChI=1S/C15H29NO9S3/c1-26-8-6-4-2-3-5-7-11(16-25-28(21,22)23)27-15-14(20)13(19)12(18)10(9-17)24-15/h10,12-15,17-20H,2-9H2,1H3,(H,21,22,23)/p-1/b16-11+/t10-,12-,13+,14-,15+/m1/s1. The van der Waals surface area contributed by atoms with E-state index in [1.54, 1.807) is 11.8 Å². The van der Waals surface area contributed by atoms with E-state index < -0.39 is 46.9 Å². The maximum absolute atomic E-state index is 10.7. The summed E-state index contributed by atoms with van der Waals surface area (Å²) in [6, 6.07) is 0. The molecule has 1 fully saturated rings. The second-order valence-corrected chi connectivity index (χ2v) is 9.42. The first-order valence-electron chi connectivity index (χ1n) is 8.87. The number of nitrogens with zero attached hydrogens (tertiary/aromatic N) is 1. The Labute approximate surface area is 173 Å². The van der Waals surface area contributed by atoms with Crippen LogP contribution in [-0.4, -0.2) is 86.9 Å². The van der Waals surface area contributed by atoms with Gasteiger partial charge in [0, 0.05) is 0 Å². The SMILES string of the molecule is CSCCCCCCC/C(=N\OS(=O)(=O)[O-])S[C@@H]1O[C@H](CO)[C@@H](O)[C@H](O)[C@H]1O. The second-order valence-electron chi connectivity index (χ2n) is 6.29. The third kappa shape index (κ3) is 9.59. The number of rotatable bonds is 12. The number of aliphatic hydroxyl groups excluding tert-OH is 4. The summed E-state index contributed by atoms with van der Waals surface area (Å²) in [4.78, 5) is 0. The van der Waals surface area contributed by atoms with E-state index in [2.05, 4.69) is 9.44 Å². The van der Waals surface area contributed by atoms with Gasteiger partial charge >= 0.3 is 0 Å². The third-order valence-electron chi connectivity index (χ3n) is 4.07.